The number of unbranched alkanes of at least 4 members (excludes halogenated alkanes) is 1. The van der Waals surface area contributed by atoms with Crippen molar-refractivity contribution in [3.63, 3.8) is 0 Å². The van der Waals surface area contributed by atoms with Crippen LogP contribution < -0.4 is 5.32 Å². The molecule has 0 radical (unpaired) electrons. The number of benzene rings is 1. The number of para-hydroxylation sites is 1. The van der Waals surface area contributed by atoms with Crippen LogP contribution in [0.2, 0.25) is 0 Å². The van der Waals surface area contributed by atoms with E-state index in [2.05, 4.69) is 10.1 Å². The Labute approximate surface area is 116 Å². The summed E-state index contributed by atoms with van der Waals surface area (Å²) in [6.45, 7) is 0. The molecule has 19 heavy (non-hydrogen) atoms. The first-order valence-corrected chi connectivity index (χ1v) is 7.22. The van der Waals surface area contributed by atoms with Crippen molar-refractivity contribution in [1.82, 2.24) is 0 Å². The fourth-order valence-corrected chi connectivity index (χ4v) is 3.14. The lowest BCUT2D eigenvalue weighted by molar-refractivity contribution is -0.140. The second-order valence-electron chi connectivity index (χ2n) is 4.41. The lowest BCUT2D eigenvalue weighted by atomic mass is 10.1. The van der Waals surface area contributed by atoms with E-state index in [9.17, 15) is 9.59 Å². The molecule has 1 aliphatic heterocycles. The molecule has 0 aliphatic carbocycles. The average Bonchev–Trinajstić information content (AvgIpc) is 2.43. The van der Waals surface area contributed by atoms with Crippen LogP contribution in [0.25, 0.3) is 0 Å². The third-order valence-electron chi connectivity index (χ3n) is 3.03. The van der Waals surface area contributed by atoms with E-state index in [1.54, 1.807) is 11.8 Å². The predicted molar refractivity (Wildman–Crippen MR) is 75.2 cm³/mol. The van der Waals surface area contributed by atoms with E-state index < -0.39 is 0 Å². The first-order valence-electron chi connectivity index (χ1n) is 6.34. The number of fused-ring (bicyclic) bond motifs is 1. The molecule has 5 heteroatoms. The molecule has 1 N–H and O–H groups in total. The van der Waals surface area contributed by atoms with Crippen molar-refractivity contribution >= 4 is 29.3 Å². The van der Waals surface area contributed by atoms with Crippen LogP contribution in [0.15, 0.2) is 29.2 Å². The minimum Gasteiger partial charge on any atom is -0.469 e. The normalized spacial score (nSPS) is 17.5. The van der Waals surface area contributed by atoms with Crippen LogP contribution in [-0.2, 0) is 14.3 Å². The quantitative estimate of drug-likeness (QED) is 0.665. The standard InChI is InChI=1S/C14H17NO3S/c1-18-13(16)9-5-4-8-12-14(17)15-10-6-2-3-7-11(10)19-12/h2-3,6-7,12H,4-5,8-9H2,1H3,(H,15,17). The number of rotatable bonds is 5. The molecule has 0 bridgehead atoms. The van der Waals surface area contributed by atoms with Gasteiger partial charge in [-0.15, -0.1) is 11.8 Å². The largest absolute Gasteiger partial charge is 0.469 e. The highest BCUT2D eigenvalue weighted by Gasteiger charge is 2.25. The third kappa shape index (κ3) is 3.73. The Bertz CT molecular complexity index is 476. The highest BCUT2D eigenvalue weighted by Crippen LogP contribution is 2.37. The van der Waals surface area contributed by atoms with Crippen molar-refractivity contribution in [2.45, 2.75) is 35.8 Å². The van der Waals surface area contributed by atoms with E-state index in [0.29, 0.717) is 6.42 Å². The van der Waals surface area contributed by atoms with E-state index in [-0.39, 0.29) is 17.1 Å². The molecule has 1 aliphatic rings. The number of nitrogens with one attached hydrogen (secondary N) is 1. The van der Waals surface area contributed by atoms with Gasteiger partial charge in [0.05, 0.1) is 18.0 Å². The number of hydrogen-bond donors (Lipinski definition) is 1. The second-order valence-corrected chi connectivity index (χ2v) is 5.66. The molecular formula is C14H17NO3S. The van der Waals surface area contributed by atoms with E-state index in [0.717, 1.165) is 29.8 Å². The first kappa shape index (κ1) is 13.9. The molecule has 1 unspecified atom stereocenters. The maximum absolute atomic E-state index is 11.9. The van der Waals surface area contributed by atoms with E-state index in [1.165, 1.54) is 7.11 Å². The van der Waals surface area contributed by atoms with Crippen LogP contribution in [0.3, 0.4) is 0 Å². The molecule has 1 aromatic rings. The SMILES string of the molecule is COC(=O)CCCCC1Sc2ccccc2NC1=O. The van der Waals surface area contributed by atoms with Crippen molar-refractivity contribution in [3.8, 4) is 0 Å². The van der Waals surface area contributed by atoms with Gasteiger partial charge >= 0.3 is 5.97 Å². The van der Waals surface area contributed by atoms with E-state index in [4.69, 9.17) is 0 Å². The molecule has 1 amide bonds. The summed E-state index contributed by atoms with van der Waals surface area (Å²) in [5.74, 6) is -0.132. The maximum Gasteiger partial charge on any atom is 0.305 e. The molecule has 0 fully saturated rings. The summed E-state index contributed by atoms with van der Waals surface area (Å²) in [6.07, 6.45) is 2.81. The number of thioether (sulfide) groups is 1. The first-order chi connectivity index (χ1) is 9.20. The van der Waals surface area contributed by atoms with Gasteiger partial charge in [0.1, 0.15) is 0 Å². The Balaban J connectivity index is 1.82. The zero-order valence-electron chi connectivity index (χ0n) is 10.8. The Morgan fingerprint density at radius 2 is 2.16 bits per heavy atom. The molecule has 4 nitrogen and oxygen atoms in total. The number of anilines is 1. The minimum absolute atomic E-state index is 0.0572. The topological polar surface area (TPSA) is 55.4 Å². The molecule has 0 saturated heterocycles. The summed E-state index contributed by atoms with van der Waals surface area (Å²) in [6, 6.07) is 7.81. The summed E-state index contributed by atoms with van der Waals surface area (Å²) in [4.78, 5) is 24.0. The fraction of sp³-hybridized carbons (Fsp3) is 0.429. The monoisotopic (exact) mass is 279 g/mol. The van der Waals surface area contributed by atoms with Gasteiger partial charge in [-0.1, -0.05) is 18.6 Å². The Morgan fingerprint density at radius 1 is 1.37 bits per heavy atom. The second kappa shape index (κ2) is 6.61. The highest BCUT2D eigenvalue weighted by atomic mass is 32.2. The van der Waals surface area contributed by atoms with Crippen LogP contribution in [0.5, 0.6) is 0 Å². The van der Waals surface area contributed by atoms with Gasteiger partial charge in [0.2, 0.25) is 5.91 Å². The number of amides is 1. The van der Waals surface area contributed by atoms with Crippen LogP contribution in [0.1, 0.15) is 25.7 Å². The Morgan fingerprint density at radius 3 is 2.95 bits per heavy atom. The number of carbonyl (C=O) groups is 2. The highest BCUT2D eigenvalue weighted by molar-refractivity contribution is 8.01. The fourth-order valence-electron chi connectivity index (χ4n) is 1.98. The van der Waals surface area contributed by atoms with Crippen molar-refractivity contribution in [3.05, 3.63) is 24.3 Å². The number of carbonyl (C=O) groups excluding carboxylic acids is 2. The molecule has 102 valence electrons. The van der Waals surface area contributed by atoms with Crippen molar-refractivity contribution < 1.29 is 14.3 Å². The summed E-state index contributed by atoms with van der Waals surface area (Å²) < 4.78 is 4.59. The number of methoxy groups -OCH3 is 1. The van der Waals surface area contributed by atoms with Crippen LogP contribution in [-0.4, -0.2) is 24.2 Å². The average molecular weight is 279 g/mol. The van der Waals surface area contributed by atoms with Gasteiger partial charge in [-0.05, 0) is 25.0 Å². The summed E-state index contributed by atoms with van der Waals surface area (Å²) >= 11 is 1.60. The van der Waals surface area contributed by atoms with Crippen LogP contribution in [0, 0.1) is 0 Å². The molecule has 1 atom stereocenters. The zero-order valence-corrected chi connectivity index (χ0v) is 11.7. The van der Waals surface area contributed by atoms with Crippen molar-refractivity contribution in [2.24, 2.45) is 0 Å². The number of esters is 1. The zero-order chi connectivity index (χ0) is 13.7. The van der Waals surface area contributed by atoms with Crippen LogP contribution in [0.4, 0.5) is 5.69 Å². The summed E-state index contributed by atoms with van der Waals surface area (Å²) in [5, 5.41) is 2.86. The molecule has 0 spiro atoms. The lowest BCUT2D eigenvalue weighted by Gasteiger charge is -2.23. The minimum atomic E-state index is -0.189. The number of hydrogen-bond acceptors (Lipinski definition) is 4. The van der Waals surface area contributed by atoms with Gasteiger partial charge in [-0.25, -0.2) is 0 Å². The van der Waals surface area contributed by atoms with Gasteiger partial charge in [0.25, 0.3) is 0 Å². The van der Waals surface area contributed by atoms with Crippen molar-refractivity contribution in [2.75, 3.05) is 12.4 Å². The lowest BCUT2D eigenvalue weighted by Crippen LogP contribution is -2.28. The Kier molecular flexibility index (Phi) is 4.85. The molecule has 1 aromatic carbocycles. The van der Waals surface area contributed by atoms with Crippen molar-refractivity contribution in [1.29, 1.82) is 0 Å². The van der Waals surface area contributed by atoms with E-state index in [1.807, 2.05) is 24.3 Å². The predicted octanol–water partition coefficient (Wildman–Crippen LogP) is 2.83. The van der Waals surface area contributed by atoms with Gasteiger partial charge in [0.15, 0.2) is 0 Å². The van der Waals surface area contributed by atoms with Gasteiger partial charge in [0, 0.05) is 11.3 Å². The number of ether oxygens (including phenoxy) is 1. The summed E-state index contributed by atoms with van der Waals surface area (Å²) in [7, 11) is 1.39. The molecule has 1 heterocycles. The molecule has 0 aromatic heterocycles. The summed E-state index contributed by atoms with van der Waals surface area (Å²) in [5.41, 5.74) is 0.892. The van der Waals surface area contributed by atoms with E-state index >= 15 is 0 Å². The Hall–Kier alpha value is -1.49. The third-order valence-corrected chi connectivity index (χ3v) is 4.38. The maximum atomic E-state index is 11.9. The molecule has 2 rings (SSSR count). The molecular weight excluding hydrogens is 262 g/mol. The van der Waals surface area contributed by atoms with Crippen LogP contribution >= 0.6 is 11.8 Å². The van der Waals surface area contributed by atoms with Gasteiger partial charge in [-0.3, -0.25) is 9.59 Å². The smallest absolute Gasteiger partial charge is 0.305 e. The van der Waals surface area contributed by atoms with Gasteiger partial charge in [-0.2, -0.15) is 0 Å². The van der Waals surface area contributed by atoms with Gasteiger partial charge < -0.3 is 10.1 Å². The molecule has 0 saturated carbocycles.